The minimum atomic E-state index is -0.0425. The van der Waals surface area contributed by atoms with Crippen LogP contribution in [-0.4, -0.2) is 46.2 Å². The molecule has 2 heterocycles. The molecule has 6 nitrogen and oxygen atoms in total. The Kier molecular flexibility index (Phi) is 5.13. The average molecular weight is 333 g/mol. The molecule has 0 spiro atoms. The summed E-state index contributed by atoms with van der Waals surface area (Å²) in [5, 5.41) is 3.17. The monoisotopic (exact) mass is 333 g/mol. The number of hydrogen-bond acceptors (Lipinski definition) is 3. The van der Waals surface area contributed by atoms with Crippen molar-refractivity contribution in [2.75, 3.05) is 19.6 Å². The number of urea groups is 1. The zero-order valence-corrected chi connectivity index (χ0v) is 15.0. The molecule has 3 rings (SSSR count). The maximum absolute atomic E-state index is 12.6. The van der Waals surface area contributed by atoms with Crippen molar-refractivity contribution in [1.82, 2.24) is 19.8 Å². The Morgan fingerprint density at radius 1 is 1.33 bits per heavy atom. The van der Waals surface area contributed by atoms with Gasteiger partial charge in [0.1, 0.15) is 0 Å². The largest absolute Gasteiger partial charge is 0.340 e. The summed E-state index contributed by atoms with van der Waals surface area (Å²) < 4.78 is 1.93. The predicted octanol–water partition coefficient (Wildman–Crippen LogP) is 2.22. The number of aryl methyl sites for hydroxylation is 1. The van der Waals surface area contributed by atoms with Gasteiger partial charge in [-0.1, -0.05) is 32.6 Å². The highest BCUT2D eigenvalue weighted by Crippen LogP contribution is 2.34. The summed E-state index contributed by atoms with van der Waals surface area (Å²) in [7, 11) is 1.95. The van der Waals surface area contributed by atoms with Crippen LogP contribution in [0.2, 0.25) is 0 Å². The molecule has 2 aliphatic rings. The van der Waals surface area contributed by atoms with Crippen LogP contribution in [0.5, 0.6) is 0 Å². The van der Waals surface area contributed by atoms with Crippen molar-refractivity contribution in [1.29, 1.82) is 0 Å². The van der Waals surface area contributed by atoms with Gasteiger partial charge in [0.15, 0.2) is 0 Å². The van der Waals surface area contributed by atoms with Gasteiger partial charge in [-0.3, -0.25) is 0 Å². The highest BCUT2D eigenvalue weighted by Gasteiger charge is 2.36. The first kappa shape index (κ1) is 17.3. The number of amides is 2. The van der Waals surface area contributed by atoms with Crippen LogP contribution in [0.1, 0.15) is 57.1 Å². The normalized spacial score (nSPS) is 27.0. The Labute approximate surface area is 144 Å². The molecule has 6 heteroatoms. The maximum atomic E-state index is 12.6. The number of aromatic nitrogens is 2. The molecule has 2 atom stereocenters. The van der Waals surface area contributed by atoms with E-state index in [2.05, 4.69) is 17.2 Å². The Morgan fingerprint density at radius 3 is 2.67 bits per heavy atom. The van der Waals surface area contributed by atoms with Crippen molar-refractivity contribution in [3.05, 3.63) is 18.2 Å². The molecule has 3 N–H and O–H groups in total. The summed E-state index contributed by atoms with van der Waals surface area (Å²) in [6.07, 6.45) is 11.4. The van der Waals surface area contributed by atoms with E-state index in [1.165, 1.54) is 38.5 Å². The molecule has 134 valence electrons. The van der Waals surface area contributed by atoms with Gasteiger partial charge in [0.25, 0.3) is 0 Å². The van der Waals surface area contributed by atoms with E-state index < -0.39 is 0 Å². The fourth-order valence-electron chi connectivity index (χ4n) is 4.09. The quantitative estimate of drug-likeness (QED) is 0.833. The van der Waals surface area contributed by atoms with Gasteiger partial charge in [-0.15, -0.1) is 0 Å². The Balaban J connectivity index is 1.54. The number of carbonyl (C=O) groups excluding carboxylic acids is 1. The van der Waals surface area contributed by atoms with Crippen LogP contribution in [0.15, 0.2) is 12.5 Å². The van der Waals surface area contributed by atoms with Crippen LogP contribution in [0.25, 0.3) is 0 Å². The lowest BCUT2D eigenvalue weighted by Gasteiger charge is -2.29. The fraction of sp³-hybridized carbons (Fsp3) is 0.778. The van der Waals surface area contributed by atoms with Crippen LogP contribution in [0.4, 0.5) is 4.79 Å². The van der Waals surface area contributed by atoms with Gasteiger partial charge in [0.05, 0.1) is 12.0 Å². The van der Waals surface area contributed by atoms with Crippen molar-refractivity contribution >= 4 is 6.03 Å². The molecule has 1 saturated heterocycles. The molecule has 0 bridgehead atoms. The van der Waals surface area contributed by atoms with Crippen molar-refractivity contribution in [3.63, 3.8) is 0 Å². The number of likely N-dealkylation sites (tertiary alicyclic amines) is 1. The minimum absolute atomic E-state index is 0.0225. The van der Waals surface area contributed by atoms with Crippen molar-refractivity contribution in [3.8, 4) is 0 Å². The number of hydrogen-bond donors (Lipinski definition) is 2. The second kappa shape index (κ2) is 7.13. The second-order valence-corrected chi connectivity index (χ2v) is 8.02. The van der Waals surface area contributed by atoms with Crippen LogP contribution in [0, 0.1) is 5.41 Å². The molecule has 0 radical (unpaired) electrons. The maximum Gasteiger partial charge on any atom is 0.317 e. The van der Waals surface area contributed by atoms with E-state index in [-0.39, 0.29) is 23.4 Å². The molecule has 0 unspecified atom stereocenters. The van der Waals surface area contributed by atoms with Crippen molar-refractivity contribution in [2.24, 2.45) is 18.2 Å². The molecule has 0 aromatic carbocycles. The highest BCUT2D eigenvalue weighted by atomic mass is 16.2. The molecule has 24 heavy (non-hydrogen) atoms. The molecule has 2 amide bonds. The van der Waals surface area contributed by atoms with Gasteiger partial charge >= 0.3 is 6.03 Å². The summed E-state index contributed by atoms with van der Waals surface area (Å²) in [5.74, 6) is 0.130. The summed E-state index contributed by atoms with van der Waals surface area (Å²) >= 11 is 0. The van der Waals surface area contributed by atoms with Crippen molar-refractivity contribution < 1.29 is 4.79 Å². The number of nitrogens with two attached hydrogens (primary N) is 1. The Morgan fingerprint density at radius 2 is 2.04 bits per heavy atom. The van der Waals surface area contributed by atoms with E-state index in [4.69, 9.17) is 5.73 Å². The first-order valence-corrected chi connectivity index (χ1v) is 9.23. The molecule has 1 aromatic rings. The van der Waals surface area contributed by atoms with Crippen LogP contribution >= 0.6 is 0 Å². The lowest BCUT2D eigenvalue weighted by molar-refractivity contribution is 0.195. The summed E-state index contributed by atoms with van der Waals surface area (Å²) in [6, 6.07) is -0.0199. The topological polar surface area (TPSA) is 76.2 Å². The van der Waals surface area contributed by atoms with E-state index in [1.807, 2.05) is 22.7 Å². The molecular formula is C18H31N5O. The van der Waals surface area contributed by atoms with E-state index in [0.717, 1.165) is 12.2 Å². The van der Waals surface area contributed by atoms with Gasteiger partial charge in [0, 0.05) is 44.8 Å². The molecule has 2 fully saturated rings. The van der Waals surface area contributed by atoms with Gasteiger partial charge in [-0.05, 0) is 18.3 Å². The number of rotatable bonds is 3. The minimum Gasteiger partial charge on any atom is -0.340 e. The lowest BCUT2D eigenvalue weighted by Crippen LogP contribution is -2.44. The molecular weight excluding hydrogens is 302 g/mol. The van der Waals surface area contributed by atoms with E-state index in [1.54, 1.807) is 6.33 Å². The standard InChI is InChI=1S/C18H31N5O/c1-18(7-5-3-4-6-8-18)12-20-17(24)23-9-14(15(19)10-23)16-11-22(2)13-21-16/h11,13-15H,3-10,12,19H2,1-2H3,(H,20,24)/t14-,15-/m1/s1. The summed E-state index contributed by atoms with van der Waals surface area (Å²) in [6.45, 7) is 4.33. The number of imidazole rings is 1. The second-order valence-electron chi connectivity index (χ2n) is 8.02. The van der Waals surface area contributed by atoms with Gasteiger partial charge < -0.3 is 20.5 Å². The first-order chi connectivity index (χ1) is 11.5. The third-order valence-corrected chi connectivity index (χ3v) is 5.73. The summed E-state index contributed by atoms with van der Waals surface area (Å²) in [4.78, 5) is 18.8. The predicted molar refractivity (Wildman–Crippen MR) is 94.7 cm³/mol. The zero-order valence-electron chi connectivity index (χ0n) is 15.0. The lowest BCUT2D eigenvalue weighted by atomic mass is 9.82. The molecule has 1 saturated carbocycles. The van der Waals surface area contributed by atoms with Crippen molar-refractivity contribution in [2.45, 2.75) is 57.4 Å². The molecule has 1 aliphatic heterocycles. The van der Waals surface area contributed by atoms with E-state index in [0.29, 0.717) is 13.1 Å². The number of carbonyl (C=O) groups is 1. The SMILES string of the molecule is Cn1cnc([C@@H]2CN(C(=O)NCC3(C)CCCCCC3)C[C@H]2N)c1. The third-order valence-electron chi connectivity index (χ3n) is 5.73. The van der Waals surface area contributed by atoms with Crippen LogP contribution < -0.4 is 11.1 Å². The van der Waals surface area contributed by atoms with Gasteiger partial charge in [-0.2, -0.15) is 0 Å². The molecule has 1 aromatic heterocycles. The summed E-state index contributed by atoms with van der Waals surface area (Å²) in [5.41, 5.74) is 7.49. The van der Waals surface area contributed by atoms with Crippen LogP contribution in [-0.2, 0) is 7.05 Å². The van der Waals surface area contributed by atoms with Crippen LogP contribution in [0.3, 0.4) is 0 Å². The first-order valence-electron chi connectivity index (χ1n) is 9.23. The van der Waals surface area contributed by atoms with Gasteiger partial charge in [-0.25, -0.2) is 9.78 Å². The molecule has 1 aliphatic carbocycles. The van der Waals surface area contributed by atoms with Gasteiger partial charge in [0.2, 0.25) is 0 Å². The zero-order chi connectivity index (χ0) is 17.2. The Hall–Kier alpha value is -1.56. The smallest absolute Gasteiger partial charge is 0.317 e. The fourth-order valence-corrected chi connectivity index (χ4v) is 4.09. The average Bonchev–Trinajstić information content (AvgIpc) is 3.07. The van der Waals surface area contributed by atoms with E-state index >= 15 is 0 Å². The number of nitrogens with one attached hydrogen (secondary N) is 1. The Bertz CT molecular complexity index is 562. The van der Waals surface area contributed by atoms with E-state index in [9.17, 15) is 4.79 Å². The highest BCUT2D eigenvalue weighted by molar-refractivity contribution is 5.74. The third kappa shape index (κ3) is 3.91. The number of nitrogens with zero attached hydrogens (tertiary/aromatic N) is 3.